The molecule has 0 radical (unpaired) electrons. The van der Waals surface area contributed by atoms with Crippen molar-refractivity contribution in [2.75, 3.05) is 6.61 Å². The van der Waals surface area contributed by atoms with E-state index in [0.29, 0.717) is 23.7 Å². The number of hydrogen-bond donors (Lipinski definition) is 1. The van der Waals surface area contributed by atoms with E-state index in [2.05, 4.69) is 15.0 Å². The van der Waals surface area contributed by atoms with Gasteiger partial charge in [-0.1, -0.05) is 41.0 Å². The third-order valence-electron chi connectivity index (χ3n) is 6.33. The second kappa shape index (κ2) is 15.0. The molecule has 0 saturated heterocycles. The fraction of sp³-hybridized carbons (Fsp3) is 0.533. The maximum Gasteiger partial charge on any atom is 0.408 e. The number of thioether (sulfide) groups is 1. The molecule has 1 N–H and O–H groups in total. The second-order valence-corrected chi connectivity index (χ2v) is 14.5. The van der Waals surface area contributed by atoms with Gasteiger partial charge < -0.3 is 24.3 Å². The molecule has 1 fully saturated rings. The molecule has 1 aliphatic rings. The molecule has 1 unspecified atom stereocenters. The number of amides is 1. The minimum Gasteiger partial charge on any atom is -0.489 e. The number of nitrogens with zero attached hydrogens (tertiary/aromatic N) is 1. The third-order valence-corrected chi connectivity index (χ3v) is 8.03. The van der Waals surface area contributed by atoms with Gasteiger partial charge in [-0.05, 0) is 76.6 Å². The number of aromatic nitrogens is 1. The van der Waals surface area contributed by atoms with E-state index in [4.69, 9.17) is 37.4 Å². The number of carbonyl (C=O) groups excluding carboxylic acids is 3. The molecular weight excluding hydrogens is 641 g/mol. The first-order chi connectivity index (χ1) is 20.4. The van der Waals surface area contributed by atoms with Crippen LogP contribution in [0.1, 0.15) is 71.6 Å². The smallest absolute Gasteiger partial charge is 0.408 e. The Morgan fingerprint density at radius 1 is 1.07 bits per heavy atom. The molecule has 0 spiro atoms. The van der Waals surface area contributed by atoms with E-state index in [1.54, 1.807) is 34.6 Å². The summed E-state index contributed by atoms with van der Waals surface area (Å²) in [5.41, 5.74) is -0.113. The number of nitrogens with one attached hydrogen (secondary N) is 1. The van der Waals surface area contributed by atoms with Gasteiger partial charge in [0.05, 0.1) is 16.7 Å². The highest BCUT2D eigenvalue weighted by Crippen LogP contribution is 2.39. The van der Waals surface area contributed by atoms with Gasteiger partial charge in [-0.25, -0.2) is 9.59 Å². The summed E-state index contributed by atoms with van der Waals surface area (Å²) in [4.78, 5) is 42.7. The SMILES string of the molecule is CC(=O)SC(C)(C)C(NC(=O)OC(C)(C)C)C(=O)O[C@@H](Cc1c(Cl)cncc1Cl)c1ccc(OC(F)F)c(OCC2CC2)c1. The van der Waals surface area contributed by atoms with Gasteiger partial charge in [-0.3, -0.25) is 9.78 Å². The van der Waals surface area contributed by atoms with E-state index in [0.717, 1.165) is 24.6 Å². The zero-order valence-corrected chi connectivity index (χ0v) is 27.6. The van der Waals surface area contributed by atoms with Crippen molar-refractivity contribution in [1.29, 1.82) is 0 Å². The van der Waals surface area contributed by atoms with Crippen molar-refractivity contribution < 1.29 is 42.1 Å². The largest absolute Gasteiger partial charge is 0.489 e. The molecule has 44 heavy (non-hydrogen) atoms. The zero-order valence-electron chi connectivity index (χ0n) is 25.2. The molecule has 1 heterocycles. The first-order valence-corrected chi connectivity index (χ1v) is 15.4. The molecule has 1 aliphatic carbocycles. The summed E-state index contributed by atoms with van der Waals surface area (Å²) in [5, 5.41) is 2.66. The van der Waals surface area contributed by atoms with Gasteiger partial charge >= 0.3 is 18.7 Å². The Morgan fingerprint density at radius 3 is 2.25 bits per heavy atom. The number of pyridine rings is 1. The summed E-state index contributed by atoms with van der Waals surface area (Å²) in [5.74, 6) is -0.729. The fourth-order valence-electron chi connectivity index (χ4n) is 4.15. The van der Waals surface area contributed by atoms with E-state index in [-0.39, 0.29) is 33.1 Å². The van der Waals surface area contributed by atoms with Crippen LogP contribution in [0.4, 0.5) is 13.6 Å². The zero-order chi connectivity index (χ0) is 32.8. The average molecular weight is 678 g/mol. The van der Waals surface area contributed by atoms with Crippen LogP contribution in [0, 0.1) is 5.92 Å². The van der Waals surface area contributed by atoms with E-state index in [9.17, 15) is 23.2 Å². The molecule has 14 heteroatoms. The number of halogens is 4. The Morgan fingerprint density at radius 2 is 1.70 bits per heavy atom. The summed E-state index contributed by atoms with van der Waals surface area (Å²) in [6.45, 7) is 6.75. The molecule has 0 aliphatic heterocycles. The Kier molecular flexibility index (Phi) is 12.1. The molecule has 0 bridgehead atoms. The van der Waals surface area contributed by atoms with Crippen molar-refractivity contribution in [2.24, 2.45) is 5.92 Å². The predicted octanol–water partition coefficient (Wildman–Crippen LogP) is 7.56. The first-order valence-electron chi connectivity index (χ1n) is 13.8. The monoisotopic (exact) mass is 676 g/mol. The molecule has 1 aromatic heterocycles. The van der Waals surface area contributed by atoms with Crippen LogP contribution in [0.2, 0.25) is 10.0 Å². The topological polar surface area (TPSA) is 113 Å². The molecule has 2 aromatic rings. The fourth-order valence-corrected chi connectivity index (χ4v) is 5.68. The molecule has 9 nitrogen and oxygen atoms in total. The number of benzene rings is 1. The Labute approximate surface area is 269 Å². The van der Waals surface area contributed by atoms with Crippen LogP contribution in [0.5, 0.6) is 11.5 Å². The molecular formula is C30H36Cl2F2N2O7S. The summed E-state index contributed by atoms with van der Waals surface area (Å²) in [6, 6.07) is 2.84. The summed E-state index contributed by atoms with van der Waals surface area (Å²) >= 11 is 13.6. The lowest BCUT2D eigenvalue weighted by Gasteiger charge is -2.33. The third kappa shape index (κ3) is 11.0. The van der Waals surface area contributed by atoms with Crippen molar-refractivity contribution in [1.82, 2.24) is 10.3 Å². The van der Waals surface area contributed by atoms with Gasteiger partial charge in [0.1, 0.15) is 17.7 Å². The second-order valence-electron chi connectivity index (χ2n) is 11.8. The molecule has 1 saturated carbocycles. The van der Waals surface area contributed by atoms with Crippen LogP contribution >= 0.6 is 35.0 Å². The van der Waals surface area contributed by atoms with Crippen molar-refractivity contribution in [2.45, 2.75) is 89.9 Å². The van der Waals surface area contributed by atoms with Crippen molar-refractivity contribution in [3.8, 4) is 11.5 Å². The Hall–Kier alpha value is -2.83. The standard InChI is InChI=1S/C30H36Cl2F2N2O7S/c1-16(37)44-30(5,6)25(36-28(39)43-29(2,3)4)26(38)41-23(12-19-20(31)13-35-14-21(19)32)18-9-10-22(42-27(33)34)24(11-18)40-15-17-7-8-17/h9-11,13-14,17,23,25,27H,7-8,12,15H2,1-6H3,(H,36,39)/t23-,25?/m0/s1. The normalized spacial score (nSPS) is 14.9. The van der Waals surface area contributed by atoms with Crippen molar-refractivity contribution in [3.05, 3.63) is 51.8 Å². The van der Waals surface area contributed by atoms with Crippen LogP contribution in [-0.2, 0) is 25.5 Å². The van der Waals surface area contributed by atoms with Crippen LogP contribution < -0.4 is 14.8 Å². The van der Waals surface area contributed by atoms with E-state index in [1.165, 1.54) is 37.5 Å². The lowest BCUT2D eigenvalue weighted by atomic mass is 10.00. The molecule has 242 valence electrons. The van der Waals surface area contributed by atoms with E-state index in [1.807, 2.05) is 0 Å². The highest BCUT2D eigenvalue weighted by Gasteiger charge is 2.42. The summed E-state index contributed by atoms with van der Waals surface area (Å²) in [6.07, 6.45) is 2.63. The van der Waals surface area contributed by atoms with Crippen molar-refractivity contribution in [3.63, 3.8) is 0 Å². The number of rotatable bonds is 13. The first kappa shape index (κ1) is 35.6. The number of carbonyl (C=O) groups is 3. The van der Waals surface area contributed by atoms with Crippen LogP contribution in [0.3, 0.4) is 0 Å². The lowest BCUT2D eigenvalue weighted by molar-refractivity contribution is -0.152. The molecule has 3 rings (SSSR count). The Balaban J connectivity index is 2.03. The summed E-state index contributed by atoms with van der Waals surface area (Å²) < 4.78 is 47.0. The predicted molar refractivity (Wildman–Crippen MR) is 164 cm³/mol. The number of alkyl halides is 2. The van der Waals surface area contributed by atoms with Crippen molar-refractivity contribution >= 4 is 52.1 Å². The number of alkyl carbamates (subject to hydrolysis) is 1. The number of hydrogen-bond acceptors (Lipinski definition) is 9. The molecule has 1 amide bonds. The molecule has 1 aromatic carbocycles. The van der Waals surface area contributed by atoms with Gasteiger partial charge in [0.2, 0.25) is 0 Å². The van der Waals surface area contributed by atoms with Crippen LogP contribution in [0.25, 0.3) is 0 Å². The highest BCUT2D eigenvalue weighted by atomic mass is 35.5. The number of esters is 1. The van der Waals surface area contributed by atoms with Crippen LogP contribution in [0.15, 0.2) is 30.6 Å². The summed E-state index contributed by atoms with van der Waals surface area (Å²) in [7, 11) is 0. The molecule has 2 atom stereocenters. The van der Waals surface area contributed by atoms with Gasteiger partial charge in [-0.2, -0.15) is 8.78 Å². The van der Waals surface area contributed by atoms with E-state index >= 15 is 0 Å². The van der Waals surface area contributed by atoms with E-state index < -0.39 is 41.2 Å². The van der Waals surface area contributed by atoms with Crippen LogP contribution in [-0.4, -0.2) is 51.8 Å². The quantitative estimate of drug-likeness (QED) is 0.215. The minimum absolute atomic E-state index is 0.0403. The highest BCUT2D eigenvalue weighted by molar-refractivity contribution is 8.14. The van der Waals surface area contributed by atoms with Gasteiger partial charge in [0.25, 0.3) is 0 Å². The number of ether oxygens (including phenoxy) is 4. The van der Waals surface area contributed by atoms with Gasteiger partial charge in [0, 0.05) is 30.5 Å². The van der Waals surface area contributed by atoms with Gasteiger partial charge in [-0.15, -0.1) is 0 Å². The average Bonchev–Trinajstić information content (AvgIpc) is 3.70. The Bertz CT molecular complexity index is 1330. The maximum absolute atomic E-state index is 13.9. The minimum atomic E-state index is -3.09. The lowest BCUT2D eigenvalue weighted by Crippen LogP contribution is -2.54. The maximum atomic E-state index is 13.9. The van der Waals surface area contributed by atoms with Gasteiger partial charge in [0.15, 0.2) is 16.6 Å².